The summed E-state index contributed by atoms with van der Waals surface area (Å²) in [5.41, 5.74) is 1.15. The SMILES string of the molecule is CC(C)(C)OC(=O)N1CCN(c2ncc(OCc3ccc(C(=O)N4CCNCC4)cc3)cn2)CC1. The summed E-state index contributed by atoms with van der Waals surface area (Å²) in [7, 11) is 0. The van der Waals surface area contributed by atoms with E-state index in [1.807, 2.05) is 54.8 Å². The van der Waals surface area contributed by atoms with Gasteiger partial charge >= 0.3 is 6.09 Å². The van der Waals surface area contributed by atoms with Crippen molar-refractivity contribution in [1.29, 1.82) is 0 Å². The van der Waals surface area contributed by atoms with E-state index in [1.165, 1.54) is 0 Å². The number of nitrogens with one attached hydrogen (secondary N) is 1. The van der Waals surface area contributed by atoms with Gasteiger partial charge in [-0.3, -0.25) is 4.79 Å². The molecule has 188 valence electrons. The van der Waals surface area contributed by atoms with Crippen LogP contribution in [0, 0.1) is 0 Å². The number of benzene rings is 1. The maximum Gasteiger partial charge on any atom is 0.410 e. The Morgan fingerprint density at radius 1 is 0.914 bits per heavy atom. The first kappa shape index (κ1) is 24.7. The van der Waals surface area contributed by atoms with Crippen LogP contribution < -0.4 is 15.0 Å². The van der Waals surface area contributed by atoms with E-state index in [9.17, 15) is 9.59 Å². The van der Waals surface area contributed by atoms with Crippen molar-refractivity contribution in [2.45, 2.75) is 33.0 Å². The molecule has 2 amide bonds. The summed E-state index contributed by atoms with van der Waals surface area (Å²) >= 11 is 0. The lowest BCUT2D eigenvalue weighted by Gasteiger charge is -2.35. The molecule has 10 heteroatoms. The van der Waals surface area contributed by atoms with Crippen molar-refractivity contribution in [2.75, 3.05) is 57.3 Å². The molecule has 2 aliphatic rings. The van der Waals surface area contributed by atoms with Crippen LogP contribution in [0.1, 0.15) is 36.7 Å². The van der Waals surface area contributed by atoms with Gasteiger partial charge in [0.1, 0.15) is 12.2 Å². The molecule has 2 aromatic rings. The van der Waals surface area contributed by atoms with Gasteiger partial charge in [0.25, 0.3) is 5.91 Å². The van der Waals surface area contributed by atoms with Gasteiger partial charge in [0.2, 0.25) is 5.95 Å². The van der Waals surface area contributed by atoms with E-state index in [0.717, 1.165) is 31.7 Å². The average molecular weight is 483 g/mol. The number of carbonyl (C=O) groups excluding carboxylic acids is 2. The van der Waals surface area contributed by atoms with Crippen LogP contribution in [0.15, 0.2) is 36.7 Å². The summed E-state index contributed by atoms with van der Waals surface area (Å²) in [6.45, 7) is 11.5. The highest BCUT2D eigenvalue weighted by atomic mass is 16.6. The van der Waals surface area contributed by atoms with Crippen LogP contribution in [0.4, 0.5) is 10.7 Å². The molecule has 0 spiro atoms. The minimum absolute atomic E-state index is 0.0647. The zero-order chi connectivity index (χ0) is 24.8. The number of hydrogen-bond donors (Lipinski definition) is 1. The lowest BCUT2D eigenvalue weighted by Crippen LogP contribution is -2.50. The Morgan fingerprint density at radius 3 is 2.14 bits per heavy atom. The number of anilines is 1. The highest BCUT2D eigenvalue weighted by Gasteiger charge is 2.26. The van der Waals surface area contributed by atoms with E-state index in [4.69, 9.17) is 9.47 Å². The molecular weight excluding hydrogens is 448 g/mol. The van der Waals surface area contributed by atoms with Crippen molar-refractivity contribution >= 4 is 17.9 Å². The van der Waals surface area contributed by atoms with E-state index in [-0.39, 0.29) is 12.0 Å². The third-order valence-corrected chi connectivity index (χ3v) is 5.84. The quantitative estimate of drug-likeness (QED) is 0.692. The monoisotopic (exact) mass is 482 g/mol. The fourth-order valence-corrected chi connectivity index (χ4v) is 3.92. The second-order valence-corrected chi connectivity index (χ2v) is 9.70. The molecule has 2 aliphatic heterocycles. The summed E-state index contributed by atoms with van der Waals surface area (Å²) in [6, 6.07) is 7.52. The third-order valence-electron chi connectivity index (χ3n) is 5.84. The van der Waals surface area contributed by atoms with Crippen molar-refractivity contribution in [3.8, 4) is 5.75 Å². The molecule has 0 saturated carbocycles. The average Bonchev–Trinajstić information content (AvgIpc) is 2.87. The van der Waals surface area contributed by atoms with Gasteiger partial charge in [-0.15, -0.1) is 0 Å². The third kappa shape index (κ3) is 6.82. The van der Waals surface area contributed by atoms with Crippen LogP contribution in [0.5, 0.6) is 5.75 Å². The Kier molecular flexibility index (Phi) is 7.70. The maximum atomic E-state index is 12.6. The summed E-state index contributed by atoms with van der Waals surface area (Å²) in [6.07, 6.45) is 3.03. The van der Waals surface area contributed by atoms with Crippen molar-refractivity contribution in [1.82, 2.24) is 25.1 Å². The Labute approximate surface area is 206 Å². The van der Waals surface area contributed by atoms with Gasteiger partial charge in [-0.05, 0) is 38.5 Å². The number of hydrogen-bond acceptors (Lipinski definition) is 8. The molecule has 0 aliphatic carbocycles. The number of nitrogens with zero attached hydrogens (tertiary/aromatic N) is 5. The highest BCUT2D eigenvalue weighted by molar-refractivity contribution is 5.94. The van der Waals surface area contributed by atoms with Crippen LogP contribution in [-0.2, 0) is 11.3 Å². The largest absolute Gasteiger partial charge is 0.486 e. The molecule has 1 N–H and O–H groups in total. The Bertz CT molecular complexity index is 992. The van der Waals surface area contributed by atoms with Gasteiger partial charge in [-0.2, -0.15) is 0 Å². The molecule has 10 nitrogen and oxygen atoms in total. The summed E-state index contributed by atoms with van der Waals surface area (Å²) in [5.74, 6) is 1.24. The molecule has 2 saturated heterocycles. The first-order valence-electron chi connectivity index (χ1n) is 12.1. The molecule has 3 heterocycles. The van der Waals surface area contributed by atoms with Crippen molar-refractivity contribution in [2.24, 2.45) is 0 Å². The minimum atomic E-state index is -0.502. The van der Waals surface area contributed by atoms with E-state index < -0.39 is 5.60 Å². The molecule has 4 rings (SSSR count). The molecular formula is C25H34N6O4. The van der Waals surface area contributed by atoms with Gasteiger partial charge in [0, 0.05) is 57.9 Å². The minimum Gasteiger partial charge on any atom is -0.486 e. The Hall–Kier alpha value is -3.40. The zero-order valence-electron chi connectivity index (χ0n) is 20.7. The fraction of sp³-hybridized carbons (Fsp3) is 0.520. The second-order valence-electron chi connectivity index (χ2n) is 9.70. The van der Waals surface area contributed by atoms with Gasteiger partial charge < -0.3 is 29.5 Å². The molecule has 1 aromatic heterocycles. The number of piperazine rings is 2. The van der Waals surface area contributed by atoms with E-state index >= 15 is 0 Å². The fourth-order valence-electron chi connectivity index (χ4n) is 3.92. The first-order valence-corrected chi connectivity index (χ1v) is 12.1. The lowest BCUT2D eigenvalue weighted by molar-refractivity contribution is 0.0240. The molecule has 0 radical (unpaired) electrons. The number of ether oxygens (including phenoxy) is 2. The van der Waals surface area contributed by atoms with Crippen LogP contribution in [0.3, 0.4) is 0 Å². The van der Waals surface area contributed by atoms with Gasteiger partial charge in [-0.25, -0.2) is 14.8 Å². The van der Waals surface area contributed by atoms with Crippen LogP contribution in [0.2, 0.25) is 0 Å². The summed E-state index contributed by atoms with van der Waals surface area (Å²) in [5, 5.41) is 3.25. The zero-order valence-corrected chi connectivity index (χ0v) is 20.7. The van der Waals surface area contributed by atoms with E-state index in [1.54, 1.807) is 17.3 Å². The van der Waals surface area contributed by atoms with Gasteiger partial charge in [0.15, 0.2) is 5.75 Å². The number of carbonyl (C=O) groups is 2. The predicted octanol–water partition coefficient (Wildman–Crippen LogP) is 2.16. The number of rotatable bonds is 5. The maximum absolute atomic E-state index is 12.6. The molecule has 0 atom stereocenters. The van der Waals surface area contributed by atoms with Gasteiger partial charge in [-0.1, -0.05) is 12.1 Å². The second kappa shape index (κ2) is 10.9. The lowest BCUT2D eigenvalue weighted by atomic mass is 10.1. The van der Waals surface area contributed by atoms with Crippen molar-refractivity contribution in [3.63, 3.8) is 0 Å². The van der Waals surface area contributed by atoms with Crippen LogP contribution >= 0.6 is 0 Å². The first-order chi connectivity index (χ1) is 16.8. The molecule has 35 heavy (non-hydrogen) atoms. The van der Waals surface area contributed by atoms with E-state index in [2.05, 4.69) is 15.3 Å². The topological polar surface area (TPSA) is 100 Å². The summed E-state index contributed by atoms with van der Waals surface area (Å²) < 4.78 is 11.3. The van der Waals surface area contributed by atoms with Crippen LogP contribution in [0.25, 0.3) is 0 Å². The summed E-state index contributed by atoms with van der Waals surface area (Å²) in [4.78, 5) is 39.3. The van der Waals surface area contributed by atoms with Crippen molar-refractivity contribution in [3.05, 3.63) is 47.8 Å². The predicted molar refractivity (Wildman–Crippen MR) is 132 cm³/mol. The smallest absolute Gasteiger partial charge is 0.410 e. The van der Waals surface area contributed by atoms with Crippen molar-refractivity contribution < 1.29 is 19.1 Å². The Morgan fingerprint density at radius 2 is 1.54 bits per heavy atom. The van der Waals surface area contributed by atoms with Crippen LogP contribution in [-0.4, -0.2) is 89.7 Å². The number of aromatic nitrogens is 2. The standard InChI is InChI=1S/C25H34N6O4/c1-25(2,3)35-24(33)31-14-12-30(13-15-31)23-27-16-21(17-28-23)34-18-19-4-6-20(7-5-19)22(32)29-10-8-26-9-11-29/h4-7,16-17,26H,8-15,18H2,1-3H3. The highest BCUT2D eigenvalue weighted by Crippen LogP contribution is 2.17. The molecule has 2 fully saturated rings. The van der Waals surface area contributed by atoms with E-state index in [0.29, 0.717) is 50.0 Å². The normalized spacial score (nSPS) is 16.7. The molecule has 0 bridgehead atoms. The van der Waals surface area contributed by atoms with Gasteiger partial charge in [0.05, 0.1) is 12.4 Å². The Balaban J connectivity index is 1.24. The molecule has 0 unspecified atom stereocenters. The number of amides is 2. The molecule has 1 aromatic carbocycles.